The Hall–Kier alpha value is -0.610. The number of hydrogen-bond acceptors (Lipinski definition) is 3. The zero-order chi connectivity index (χ0) is 7.98. The van der Waals surface area contributed by atoms with Gasteiger partial charge in [-0.3, -0.25) is 4.79 Å². The van der Waals surface area contributed by atoms with Gasteiger partial charge in [0, 0.05) is 19.0 Å². The zero-order valence-corrected chi connectivity index (χ0v) is 5.92. The van der Waals surface area contributed by atoms with Crippen LogP contribution in [0.15, 0.2) is 0 Å². The summed E-state index contributed by atoms with van der Waals surface area (Å²) in [7, 11) is 0. The molecule has 0 bridgehead atoms. The van der Waals surface area contributed by atoms with E-state index in [1.807, 2.05) is 0 Å². The number of hydrogen-bond donors (Lipinski definition) is 3. The third kappa shape index (κ3) is 5.53. The first-order valence-electron chi connectivity index (χ1n) is 3.34. The topological polar surface area (TPSA) is 89.3 Å². The van der Waals surface area contributed by atoms with Gasteiger partial charge in [-0.2, -0.15) is 0 Å². The maximum Gasteiger partial charge on any atom is 0.303 e. The molecule has 4 nitrogen and oxygen atoms in total. The highest BCUT2D eigenvalue weighted by Gasteiger charge is 2.01. The van der Waals surface area contributed by atoms with Crippen molar-refractivity contribution in [2.45, 2.75) is 25.3 Å². The number of carbonyl (C=O) groups is 1. The molecule has 0 aromatic carbocycles. The smallest absolute Gasteiger partial charge is 0.303 e. The van der Waals surface area contributed by atoms with E-state index in [4.69, 9.17) is 16.6 Å². The molecule has 0 fully saturated rings. The van der Waals surface area contributed by atoms with Crippen LogP contribution in [0.5, 0.6) is 0 Å². The molecular formula is C6H14N2O2. The van der Waals surface area contributed by atoms with Crippen LogP contribution in [0.3, 0.4) is 0 Å². The summed E-state index contributed by atoms with van der Waals surface area (Å²) in [6.07, 6.45) is 1.50. The Morgan fingerprint density at radius 1 is 1.60 bits per heavy atom. The number of carboxylic acids is 1. The van der Waals surface area contributed by atoms with Gasteiger partial charge in [0.05, 0.1) is 0 Å². The quantitative estimate of drug-likeness (QED) is 0.489. The van der Waals surface area contributed by atoms with Gasteiger partial charge in [0.2, 0.25) is 0 Å². The van der Waals surface area contributed by atoms with Crippen LogP contribution in [0.1, 0.15) is 19.3 Å². The van der Waals surface area contributed by atoms with Crippen molar-refractivity contribution in [3.05, 3.63) is 0 Å². The van der Waals surface area contributed by atoms with Crippen molar-refractivity contribution in [3.63, 3.8) is 0 Å². The Bertz CT molecular complexity index is 106. The van der Waals surface area contributed by atoms with Gasteiger partial charge in [-0.25, -0.2) is 0 Å². The number of rotatable bonds is 5. The molecule has 10 heavy (non-hydrogen) atoms. The first-order chi connectivity index (χ1) is 4.66. The van der Waals surface area contributed by atoms with E-state index in [1.54, 1.807) is 0 Å². The number of carboxylic acid groups (broad SMARTS) is 1. The predicted octanol–water partition coefficient (Wildman–Crippen LogP) is -0.473. The van der Waals surface area contributed by atoms with Crippen LogP contribution in [0.25, 0.3) is 0 Å². The first kappa shape index (κ1) is 9.39. The molecule has 0 saturated heterocycles. The van der Waals surface area contributed by atoms with Crippen LogP contribution >= 0.6 is 0 Å². The van der Waals surface area contributed by atoms with Crippen LogP contribution in [0, 0.1) is 0 Å². The second-order valence-corrected chi connectivity index (χ2v) is 2.28. The lowest BCUT2D eigenvalue weighted by molar-refractivity contribution is -0.137. The maximum absolute atomic E-state index is 10.00. The highest BCUT2D eigenvalue weighted by Crippen LogP contribution is 1.96. The van der Waals surface area contributed by atoms with Crippen molar-refractivity contribution in [3.8, 4) is 0 Å². The van der Waals surface area contributed by atoms with E-state index >= 15 is 0 Å². The Labute approximate surface area is 60.2 Å². The molecule has 0 aliphatic rings. The summed E-state index contributed by atoms with van der Waals surface area (Å²) in [5.41, 5.74) is 10.7. The van der Waals surface area contributed by atoms with E-state index in [-0.39, 0.29) is 12.5 Å². The summed E-state index contributed by atoms with van der Waals surface area (Å²) in [6, 6.07) is -0.0423. The van der Waals surface area contributed by atoms with Crippen molar-refractivity contribution in [1.29, 1.82) is 0 Å². The van der Waals surface area contributed by atoms with Crippen LogP contribution < -0.4 is 11.5 Å². The summed E-state index contributed by atoms with van der Waals surface area (Å²) in [5, 5.41) is 8.23. The third-order valence-corrected chi connectivity index (χ3v) is 1.27. The van der Waals surface area contributed by atoms with Gasteiger partial charge in [0.15, 0.2) is 0 Å². The Morgan fingerprint density at radius 3 is 2.60 bits per heavy atom. The van der Waals surface area contributed by atoms with Crippen molar-refractivity contribution in [2.24, 2.45) is 11.5 Å². The molecule has 0 aromatic heterocycles. The molecule has 0 unspecified atom stereocenters. The van der Waals surface area contributed by atoms with Crippen molar-refractivity contribution < 1.29 is 9.90 Å². The lowest BCUT2D eigenvalue weighted by atomic mass is 10.1. The highest BCUT2D eigenvalue weighted by atomic mass is 16.4. The molecule has 0 radical (unpaired) electrons. The fourth-order valence-electron chi connectivity index (χ4n) is 0.633. The normalized spacial score (nSPS) is 13.0. The Balaban J connectivity index is 3.11. The minimum atomic E-state index is -0.774. The molecule has 0 aliphatic carbocycles. The van der Waals surface area contributed by atoms with Crippen LogP contribution in [-0.2, 0) is 4.79 Å². The average molecular weight is 146 g/mol. The molecular weight excluding hydrogens is 132 g/mol. The van der Waals surface area contributed by atoms with Gasteiger partial charge in [-0.1, -0.05) is 0 Å². The second kappa shape index (κ2) is 5.20. The van der Waals surface area contributed by atoms with E-state index in [9.17, 15) is 4.79 Å². The summed E-state index contributed by atoms with van der Waals surface area (Å²) >= 11 is 0. The molecule has 0 heterocycles. The molecule has 4 heteroatoms. The van der Waals surface area contributed by atoms with Gasteiger partial charge in [-0.15, -0.1) is 0 Å². The predicted molar refractivity (Wildman–Crippen MR) is 38.5 cm³/mol. The maximum atomic E-state index is 10.00. The summed E-state index contributed by atoms with van der Waals surface area (Å²) in [4.78, 5) is 10.00. The average Bonchev–Trinajstić information content (AvgIpc) is 1.87. The monoisotopic (exact) mass is 146 g/mol. The van der Waals surface area contributed by atoms with Gasteiger partial charge in [-0.05, 0) is 12.8 Å². The van der Waals surface area contributed by atoms with Gasteiger partial charge >= 0.3 is 5.97 Å². The molecule has 5 N–H and O–H groups in total. The fraction of sp³-hybridized carbons (Fsp3) is 0.833. The Kier molecular flexibility index (Phi) is 4.88. The molecule has 0 spiro atoms. The summed E-state index contributed by atoms with van der Waals surface area (Å²) in [6.45, 7) is 0.430. The fourth-order valence-corrected chi connectivity index (χ4v) is 0.633. The van der Waals surface area contributed by atoms with Crippen LogP contribution in [0.4, 0.5) is 0 Å². The number of aliphatic carboxylic acids is 1. The lowest BCUT2D eigenvalue weighted by Gasteiger charge is -2.05. The molecule has 0 aliphatic heterocycles. The molecule has 60 valence electrons. The van der Waals surface area contributed by atoms with E-state index in [1.165, 1.54) is 0 Å². The molecule has 0 aromatic rings. The van der Waals surface area contributed by atoms with Gasteiger partial charge in [0.1, 0.15) is 0 Å². The SMILES string of the molecule is NC[C@H](N)CCCC(=O)O. The lowest BCUT2D eigenvalue weighted by Crippen LogP contribution is -2.29. The van der Waals surface area contributed by atoms with Gasteiger partial charge < -0.3 is 16.6 Å². The van der Waals surface area contributed by atoms with E-state index in [2.05, 4.69) is 0 Å². The standard InChI is InChI=1S/C6H14N2O2/c7-4-5(8)2-1-3-6(9)10/h5H,1-4,7-8H2,(H,9,10)/t5-/m1/s1. The molecule has 0 amide bonds. The van der Waals surface area contributed by atoms with Crippen LogP contribution in [0.2, 0.25) is 0 Å². The largest absolute Gasteiger partial charge is 0.481 e. The summed E-state index contributed by atoms with van der Waals surface area (Å²) < 4.78 is 0. The Morgan fingerprint density at radius 2 is 2.20 bits per heavy atom. The van der Waals surface area contributed by atoms with E-state index in [0.29, 0.717) is 19.4 Å². The highest BCUT2D eigenvalue weighted by molar-refractivity contribution is 5.66. The van der Waals surface area contributed by atoms with Crippen LogP contribution in [-0.4, -0.2) is 23.7 Å². The van der Waals surface area contributed by atoms with E-state index in [0.717, 1.165) is 0 Å². The first-order valence-corrected chi connectivity index (χ1v) is 3.34. The second-order valence-electron chi connectivity index (χ2n) is 2.28. The minimum absolute atomic E-state index is 0.0423. The third-order valence-electron chi connectivity index (χ3n) is 1.27. The zero-order valence-electron chi connectivity index (χ0n) is 5.92. The molecule has 1 atom stereocenters. The molecule has 0 saturated carbocycles. The van der Waals surface area contributed by atoms with Crippen molar-refractivity contribution in [1.82, 2.24) is 0 Å². The van der Waals surface area contributed by atoms with E-state index < -0.39 is 5.97 Å². The van der Waals surface area contributed by atoms with Crippen molar-refractivity contribution >= 4 is 5.97 Å². The van der Waals surface area contributed by atoms with Crippen molar-refractivity contribution in [2.75, 3.05) is 6.54 Å². The van der Waals surface area contributed by atoms with Gasteiger partial charge in [0.25, 0.3) is 0 Å². The summed E-state index contributed by atoms with van der Waals surface area (Å²) in [5.74, 6) is -0.774. The molecule has 0 rings (SSSR count). The number of nitrogens with two attached hydrogens (primary N) is 2. The minimum Gasteiger partial charge on any atom is -0.481 e.